The summed E-state index contributed by atoms with van der Waals surface area (Å²) in [5.41, 5.74) is -2.55. The summed E-state index contributed by atoms with van der Waals surface area (Å²) in [6, 6.07) is 7.76. The maximum Gasteiger partial charge on any atom is 0.408 e. The van der Waals surface area contributed by atoms with Crippen molar-refractivity contribution in [1.82, 2.24) is 20.3 Å². The fourth-order valence-corrected chi connectivity index (χ4v) is 7.74. The molecule has 4 N–H and O–H groups in total. The van der Waals surface area contributed by atoms with Gasteiger partial charge in [0, 0.05) is 24.9 Å². The minimum atomic E-state index is -3.75. The van der Waals surface area contributed by atoms with E-state index in [9.17, 15) is 27.9 Å². The van der Waals surface area contributed by atoms with Gasteiger partial charge in [-0.25, -0.2) is 13.2 Å². The van der Waals surface area contributed by atoms with Crippen molar-refractivity contribution in [3.63, 3.8) is 0 Å². The van der Waals surface area contributed by atoms with E-state index in [1.807, 2.05) is 42.5 Å². The van der Waals surface area contributed by atoms with Crippen molar-refractivity contribution in [2.24, 2.45) is 5.92 Å². The monoisotopic (exact) mass is 630 g/mol. The van der Waals surface area contributed by atoms with E-state index in [4.69, 9.17) is 4.74 Å². The molecule has 2 heterocycles. The van der Waals surface area contributed by atoms with Gasteiger partial charge in [-0.2, -0.15) is 0 Å². The zero-order chi connectivity index (χ0) is 31.8. The molecule has 5 rings (SSSR count). The number of nitrogens with one attached hydrogen (secondary N) is 3. The molecule has 12 heteroatoms. The Kier molecular flexibility index (Phi) is 9.17. The molecule has 5 atom stereocenters. The number of sulfonamides is 1. The first kappa shape index (κ1) is 32.4. The van der Waals surface area contributed by atoms with Gasteiger partial charge < -0.3 is 25.4 Å². The summed E-state index contributed by atoms with van der Waals surface area (Å²) < 4.78 is 33.1. The molecule has 3 fully saturated rings. The van der Waals surface area contributed by atoms with Gasteiger partial charge >= 0.3 is 6.09 Å². The fraction of sp³-hybridized carbons (Fsp3) is 0.656. The van der Waals surface area contributed by atoms with Crippen LogP contribution in [-0.4, -0.2) is 77.9 Å². The summed E-state index contributed by atoms with van der Waals surface area (Å²) in [6.07, 6.45) is 8.65. The number of allylic oxidation sites excluding steroid dienone is 1. The Morgan fingerprint density at radius 2 is 1.80 bits per heavy atom. The van der Waals surface area contributed by atoms with Crippen LogP contribution in [0.15, 0.2) is 42.5 Å². The van der Waals surface area contributed by atoms with E-state index < -0.39 is 56.1 Å². The van der Waals surface area contributed by atoms with Crippen LogP contribution in [0.4, 0.5) is 4.79 Å². The average molecular weight is 631 g/mol. The number of hydrogen-bond donors (Lipinski definition) is 4. The van der Waals surface area contributed by atoms with Gasteiger partial charge in [-0.15, -0.1) is 0 Å². The quantitative estimate of drug-likeness (QED) is 0.362. The third-order valence-electron chi connectivity index (χ3n) is 9.03. The minimum Gasteiger partial charge on any atom is -0.444 e. The minimum absolute atomic E-state index is 0.00722. The second-order valence-electron chi connectivity index (χ2n) is 13.8. The molecule has 4 aliphatic rings. The van der Waals surface area contributed by atoms with Crippen LogP contribution in [0.5, 0.6) is 0 Å². The predicted molar refractivity (Wildman–Crippen MR) is 165 cm³/mol. The van der Waals surface area contributed by atoms with Crippen LogP contribution in [0.1, 0.15) is 84.1 Å². The second kappa shape index (κ2) is 12.4. The summed E-state index contributed by atoms with van der Waals surface area (Å²) >= 11 is 0. The number of hydrogen-bond acceptors (Lipinski definition) is 8. The molecule has 0 unspecified atom stereocenters. The van der Waals surface area contributed by atoms with Gasteiger partial charge in [0.2, 0.25) is 15.9 Å². The Balaban J connectivity index is 1.43. The molecular weight excluding hydrogens is 584 g/mol. The van der Waals surface area contributed by atoms with Crippen molar-refractivity contribution >= 4 is 27.9 Å². The molecule has 2 saturated carbocycles. The van der Waals surface area contributed by atoms with E-state index in [2.05, 4.69) is 15.4 Å². The van der Waals surface area contributed by atoms with Crippen LogP contribution in [-0.2, 0) is 30.0 Å². The number of rotatable bonds is 5. The molecule has 44 heavy (non-hydrogen) atoms. The third-order valence-corrected chi connectivity index (χ3v) is 10.9. The summed E-state index contributed by atoms with van der Waals surface area (Å²) in [4.78, 5) is 42.1. The molecule has 242 valence electrons. The Morgan fingerprint density at radius 1 is 1.07 bits per heavy atom. The van der Waals surface area contributed by atoms with E-state index in [0.29, 0.717) is 37.7 Å². The van der Waals surface area contributed by atoms with Gasteiger partial charge in [0.15, 0.2) is 0 Å². The first-order valence-corrected chi connectivity index (χ1v) is 17.3. The number of nitrogens with zero attached hydrogens (tertiary/aromatic N) is 1. The third kappa shape index (κ3) is 7.46. The summed E-state index contributed by atoms with van der Waals surface area (Å²) in [6.45, 7) is 5.43. The van der Waals surface area contributed by atoms with E-state index in [1.165, 1.54) is 0 Å². The highest BCUT2D eigenvalue weighted by molar-refractivity contribution is 7.91. The molecule has 11 nitrogen and oxygen atoms in total. The average Bonchev–Trinajstić information content (AvgIpc) is 3.87. The van der Waals surface area contributed by atoms with E-state index in [0.717, 1.165) is 19.3 Å². The molecule has 3 amide bonds. The van der Waals surface area contributed by atoms with Crippen molar-refractivity contribution < 1.29 is 32.6 Å². The first-order chi connectivity index (χ1) is 20.7. The maximum atomic E-state index is 14.2. The predicted octanol–water partition coefficient (Wildman–Crippen LogP) is 2.85. The number of amides is 3. The van der Waals surface area contributed by atoms with Crippen LogP contribution in [0.2, 0.25) is 0 Å². The van der Waals surface area contributed by atoms with Gasteiger partial charge in [-0.05, 0) is 64.9 Å². The highest BCUT2D eigenvalue weighted by Gasteiger charge is 2.60. The molecule has 2 aliphatic heterocycles. The number of benzene rings is 1. The second-order valence-corrected chi connectivity index (χ2v) is 15.8. The van der Waals surface area contributed by atoms with E-state index in [1.54, 1.807) is 25.7 Å². The van der Waals surface area contributed by atoms with Crippen LogP contribution < -0.4 is 15.4 Å². The normalized spacial score (nSPS) is 32.3. The molecule has 1 aromatic carbocycles. The first-order valence-electron chi connectivity index (χ1n) is 15.8. The zero-order valence-corrected chi connectivity index (χ0v) is 26.7. The lowest BCUT2D eigenvalue weighted by molar-refractivity contribution is -0.135. The Morgan fingerprint density at radius 3 is 2.48 bits per heavy atom. The molecule has 1 aromatic rings. The van der Waals surface area contributed by atoms with Crippen molar-refractivity contribution in [2.45, 2.75) is 113 Å². The number of aliphatic hydroxyl groups is 1. The molecule has 2 aliphatic carbocycles. The highest BCUT2D eigenvalue weighted by Crippen LogP contribution is 2.46. The highest BCUT2D eigenvalue weighted by atomic mass is 32.2. The Bertz CT molecular complexity index is 1370. The molecule has 0 radical (unpaired) electrons. The van der Waals surface area contributed by atoms with Crippen molar-refractivity contribution in [3.8, 4) is 0 Å². The van der Waals surface area contributed by atoms with E-state index in [-0.39, 0.29) is 31.3 Å². The van der Waals surface area contributed by atoms with Gasteiger partial charge in [-0.1, -0.05) is 55.3 Å². The van der Waals surface area contributed by atoms with Gasteiger partial charge in [-0.3, -0.25) is 14.3 Å². The lowest BCUT2D eigenvalue weighted by Gasteiger charge is -2.31. The summed E-state index contributed by atoms with van der Waals surface area (Å²) in [5, 5.41) is 17.5. The lowest BCUT2D eigenvalue weighted by Crippen LogP contribution is -2.56. The molecule has 0 bridgehead atoms. The van der Waals surface area contributed by atoms with Crippen molar-refractivity contribution in [1.29, 1.82) is 0 Å². The van der Waals surface area contributed by atoms with E-state index >= 15 is 0 Å². The Labute approximate surface area is 260 Å². The molecular formula is C32H46N4O7S. The van der Waals surface area contributed by atoms with Crippen molar-refractivity contribution in [2.75, 3.05) is 13.1 Å². The van der Waals surface area contributed by atoms with Crippen LogP contribution in [0.25, 0.3) is 0 Å². The largest absolute Gasteiger partial charge is 0.444 e. The molecule has 0 spiro atoms. The molecule has 1 saturated heterocycles. The Hall–Kier alpha value is -2.96. The van der Waals surface area contributed by atoms with Crippen molar-refractivity contribution in [3.05, 3.63) is 48.0 Å². The standard InChI is InChI=1S/C32H46N4O7S/c1-30(2,3)43-29(39)34-26-15-11-6-4-5-8-14-23-18-32(23,28(38)35-44(41,42)25-16-17-25)33-20-24-19-31(40,21-36(24)27(26)37)22-12-9-7-10-13-22/h7-10,12-14,23-26,33,40H,4-6,11,15-21H2,1-3H3,(H,34,39)(H,35,38)/b14-8-/t23-,24+,26+,31+,32-/m1/s1. The lowest BCUT2D eigenvalue weighted by atomic mass is 9.91. The molecule has 0 aromatic heterocycles. The van der Waals surface area contributed by atoms with Crippen LogP contribution >= 0.6 is 0 Å². The topological polar surface area (TPSA) is 154 Å². The zero-order valence-electron chi connectivity index (χ0n) is 25.9. The van der Waals surface area contributed by atoms with Gasteiger partial charge in [0.05, 0.1) is 11.8 Å². The number of fused-ring (bicyclic) bond motifs is 2. The maximum absolute atomic E-state index is 14.2. The number of alkyl carbamates (subject to hydrolysis) is 1. The van der Waals surface area contributed by atoms with Crippen LogP contribution in [0, 0.1) is 5.92 Å². The summed E-state index contributed by atoms with van der Waals surface area (Å²) in [5.74, 6) is -1.10. The number of carbonyl (C=O) groups is 3. The van der Waals surface area contributed by atoms with Gasteiger partial charge in [0.1, 0.15) is 22.8 Å². The smallest absolute Gasteiger partial charge is 0.408 e. The number of ether oxygens (including phenoxy) is 1. The van der Waals surface area contributed by atoms with Gasteiger partial charge in [0.25, 0.3) is 5.91 Å². The fourth-order valence-electron chi connectivity index (χ4n) is 6.38. The van der Waals surface area contributed by atoms with Crippen LogP contribution in [0.3, 0.4) is 0 Å². The SMILES string of the molecule is CC(C)(C)OC(=O)N[C@H]1CCCCC/C=C\[C@@H]2C[C@@]2(C(=O)NS(=O)(=O)C2CC2)NC[C@@H]2C[C@@](O)(c3ccccc3)CN2C1=O. The summed E-state index contributed by atoms with van der Waals surface area (Å²) in [7, 11) is -3.75. The number of carbonyl (C=O) groups excluding carboxylic acids is 3.